The standard InChI is InChI=1S/C6H13N/c1-3-5-6(7)4-2/h6H,3-5H2,1-2H3. The van der Waals surface area contributed by atoms with E-state index < -0.39 is 0 Å². The fraction of sp³-hybridized carbons (Fsp3) is 1.00. The van der Waals surface area contributed by atoms with Crippen molar-refractivity contribution >= 4 is 0 Å². The third-order valence-electron chi connectivity index (χ3n) is 1.09. The van der Waals surface area contributed by atoms with Gasteiger partial charge in [-0.05, 0) is 12.8 Å². The molecule has 0 N–H and O–H groups in total. The van der Waals surface area contributed by atoms with Gasteiger partial charge in [0.15, 0.2) is 0 Å². The highest BCUT2D eigenvalue weighted by Crippen LogP contribution is 1.97. The van der Waals surface area contributed by atoms with E-state index in [4.69, 9.17) is 5.73 Å². The summed E-state index contributed by atoms with van der Waals surface area (Å²) in [6.45, 7) is 4.08. The molecule has 0 aromatic heterocycles. The summed E-state index contributed by atoms with van der Waals surface area (Å²) >= 11 is 0. The molecule has 0 rings (SSSR count). The van der Waals surface area contributed by atoms with E-state index in [1.165, 1.54) is 0 Å². The van der Waals surface area contributed by atoms with Crippen LogP contribution in [0.25, 0.3) is 0 Å². The average Bonchev–Trinajstić information content (AvgIpc) is 1.68. The molecular formula is C6H13N. The molecule has 2 radical (unpaired) electrons. The summed E-state index contributed by atoms with van der Waals surface area (Å²) in [5.74, 6) is 0. The highest BCUT2D eigenvalue weighted by Gasteiger charge is 1.95. The van der Waals surface area contributed by atoms with Crippen molar-refractivity contribution in [1.82, 2.24) is 5.73 Å². The largest absolute Gasteiger partial charge is 0.141 e. The van der Waals surface area contributed by atoms with Crippen LogP contribution in [-0.2, 0) is 0 Å². The van der Waals surface area contributed by atoms with Crippen molar-refractivity contribution in [3.63, 3.8) is 0 Å². The Balaban J connectivity index is 2.83. The second-order valence-corrected chi connectivity index (χ2v) is 1.85. The summed E-state index contributed by atoms with van der Waals surface area (Å²) in [4.78, 5) is 0. The van der Waals surface area contributed by atoms with E-state index in [0.29, 0.717) is 0 Å². The Morgan fingerprint density at radius 2 is 2.00 bits per heavy atom. The lowest BCUT2D eigenvalue weighted by Gasteiger charge is -1.99. The lowest BCUT2D eigenvalue weighted by Crippen LogP contribution is -2.04. The minimum atomic E-state index is -0.0509. The maximum Gasteiger partial charge on any atom is 0.0430 e. The van der Waals surface area contributed by atoms with Crippen LogP contribution in [0.3, 0.4) is 0 Å². The summed E-state index contributed by atoms with van der Waals surface area (Å²) in [6, 6.07) is -0.0509. The molecule has 0 spiro atoms. The predicted molar refractivity (Wildman–Crippen MR) is 31.1 cm³/mol. The maximum absolute atomic E-state index is 8.86. The second-order valence-electron chi connectivity index (χ2n) is 1.85. The van der Waals surface area contributed by atoms with E-state index in [1.54, 1.807) is 0 Å². The van der Waals surface area contributed by atoms with Gasteiger partial charge in [0.25, 0.3) is 0 Å². The monoisotopic (exact) mass is 99.1 g/mol. The van der Waals surface area contributed by atoms with Gasteiger partial charge < -0.3 is 0 Å². The first-order valence-electron chi connectivity index (χ1n) is 2.99. The molecule has 0 amide bonds. The summed E-state index contributed by atoms with van der Waals surface area (Å²) in [6.07, 6.45) is 2.94. The summed E-state index contributed by atoms with van der Waals surface area (Å²) in [7, 11) is 0. The quantitative estimate of drug-likeness (QED) is 0.513. The van der Waals surface area contributed by atoms with Crippen molar-refractivity contribution < 1.29 is 0 Å². The van der Waals surface area contributed by atoms with Crippen LogP contribution in [0.15, 0.2) is 0 Å². The van der Waals surface area contributed by atoms with Gasteiger partial charge in [-0.15, -0.1) is 5.73 Å². The SMILES string of the molecule is CCCC([N])CC. The number of nitrogens with zero attached hydrogens (tertiary/aromatic N) is 1. The van der Waals surface area contributed by atoms with E-state index in [9.17, 15) is 0 Å². The molecular weight excluding hydrogens is 86.1 g/mol. The van der Waals surface area contributed by atoms with E-state index in [0.717, 1.165) is 19.3 Å². The maximum atomic E-state index is 8.86. The minimum Gasteiger partial charge on any atom is -0.141 e. The van der Waals surface area contributed by atoms with Crippen LogP contribution in [0.2, 0.25) is 0 Å². The van der Waals surface area contributed by atoms with Crippen LogP contribution < -0.4 is 5.73 Å². The molecule has 7 heavy (non-hydrogen) atoms. The van der Waals surface area contributed by atoms with Gasteiger partial charge in [-0.1, -0.05) is 20.3 Å². The van der Waals surface area contributed by atoms with Gasteiger partial charge in [-0.25, -0.2) is 0 Å². The van der Waals surface area contributed by atoms with Gasteiger partial charge in [-0.2, -0.15) is 0 Å². The molecule has 0 aromatic carbocycles. The molecule has 0 fully saturated rings. The number of hydrogen-bond donors (Lipinski definition) is 0. The van der Waals surface area contributed by atoms with E-state index in [1.807, 2.05) is 6.92 Å². The van der Waals surface area contributed by atoms with Crippen molar-refractivity contribution in [3.8, 4) is 0 Å². The Kier molecular flexibility index (Phi) is 4.10. The van der Waals surface area contributed by atoms with Gasteiger partial charge in [0.1, 0.15) is 0 Å². The average molecular weight is 99.2 g/mol. The third kappa shape index (κ3) is 3.80. The van der Waals surface area contributed by atoms with Gasteiger partial charge in [0.2, 0.25) is 0 Å². The molecule has 0 heterocycles. The Hall–Kier alpha value is -0.0400. The molecule has 0 aliphatic carbocycles. The van der Waals surface area contributed by atoms with E-state index in [-0.39, 0.29) is 6.04 Å². The highest BCUT2D eigenvalue weighted by atomic mass is 14.6. The van der Waals surface area contributed by atoms with Crippen LogP contribution in [0.5, 0.6) is 0 Å². The van der Waals surface area contributed by atoms with Crippen LogP contribution in [-0.4, -0.2) is 6.04 Å². The Morgan fingerprint density at radius 3 is 2.14 bits per heavy atom. The molecule has 0 bridgehead atoms. The summed E-state index contributed by atoms with van der Waals surface area (Å²) in [5.41, 5.74) is 8.86. The zero-order chi connectivity index (χ0) is 5.70. The topological polar surface area (TPSA) is 22.3 Å². The fourth-order valence-corrected chi connectivity index (χ4v) is 0.537. The predicted octanol–water partition coefficient (Wildman–Crippen LogP) is 1.63. The number of rotatable bonds is 3. The van der Waals surface area contributed by atoms with Crippen molar-refractivity contribution in [2.45, 2.75) is 39.2 Å². The molecule has 1 heteroatoms. The molecule has 1 unspecified atom stereocenters. The minimum absolute atomic E-state index is 0.0509. The lowest BCUT2D eigenvalue weighted by molar-refractivity contribution is 0.571. The Labute approximate surface area is 45.9 Å². The molecule has 0 aromatic rings. The van der Waals surface area contributed by atoms with Gasteiger partial charge in [0.05, 0.1) is 0 Å². The van der Waals surface area contributed by atoms with Crippen LogP contribution in [0.4, 0.5) is 0 Å². The first-order valence-corrected chi connectivity index (χ1v) is 2.99. The van der Waals surface area contributed by atoms with Gasteiger partial charge >= 0.3 is 0 Å². The van der Waals surface area contributed by atoms with Gasteiger partial charge in [-0.3, -0.25) is 0 Å². The molecule has 1 nitrogen and oxygen atoms in total. The summed E-state index contributed by atoms with van der Waals surface area (Å²) < 4.78 is 0. The van der Waals surface area contributed by atoms with Crippen molar-refractivity contribution in [1.29, 1.82) is 0 Å². The highest BCUT2D eigenvalue weighted by molar-refractivity contribution is 4.53. The molecule has 0 saturated carbocycles. The normalized spacial score (nSPS) is 14.1. The van der Waals surface area contributed by atoms with Gasteiger partial charge in [0, 0.05) is 6.04 Å². The van der Waals surface area contributed by atoms with Crippen molar-refractivity contribution in [3.05, 3.63) is 0 Å². The van der Waals surface area contributed by atoms with Crippen LogP contribution >= 0.6 is 0 Å². The Morgan fingerprint density at radius 1 is 1.43 bits per heavy atom. The van der Waals surface area contributed by atoms with E-state index in [2.05, 4.69) is 6.92 Å². The summed E-state index contributed by atoms with van der Waals surface area (Å²) in [5, 5.41) is 0. The molecule has 42 valence electrons. The van der Waals surface area contributed by atoms with Crippen LogP contribution in [0, 0.1) is 0 Å². The van der Waals surface area contributed by atoms with Crippen molar-refractivity contribution in [2.75, 3.05) is 0 Å². The first kappa shape index (κ1) is 6.96. The zero-order valence-corrected chi connectivity index (χ0v) is 5.15. The smallest absolute Gasteiger partial charge is 0.0430 e. The van der Waals surface area contributed by atoms with E-state index >= 15 is 0 Å². The lowest BCUT2D eigenvalue weighted by atomic mass is 10.1. The van der Waals surface area contributed by atoms with Crippen molar-refractivity contribution in [2.24, 2.45) is 0 Å². The third-order valence-corrected chi connectivity index (χ3v) is 1.09. The van der Waals surface area contributed by atoms with Crippen LogP contribution in [0.1, 0.15) is 33.1 Å². The Bertz CT molecular complexity index is 35.2. The molecule has 0 aliphatic heterocycles. The molecule has 0 aliphatic rings. The fourth-order valence-electron chi connectivity index (χ4n) is 0.537. The number of hydrogen-bond acceptors (Lipinski definition) is 0. The first-order chi connectivity index (χ1) is 3.31. The zero-order valence-electron chi connectivity index (χ0n) is 5.15. The molecule has 1 atom stereocenters. The second kappa shape index (κ2) is 4.13. The molecule has 0 saturated heterocycles.